The summed E-state index contributed by atoms with van der Waals surface area (Å²) >= 11 is 6.15. The van der Waals surface area contributed by atoms with Crippen molar-refractivity contribution in [2.24, 2.45) is 0 Å². The molecule has 172 valence electrons. The molecule has 4 rings (SSSR count). The molecule has 0 aliphatic rings. The number of carbonyl (C=O) groups excluding carboxylic acids is 2. The monoisotopic (exact) mass is 485 g/mol. The minimum Gasteiger partial charge on any atom is -0.343 e. The van der Waals surface area contributed by atoms with Gasteiger partial charge >= 0.3 is 6.18 Å². The Bertz CT molecular complexity index is 1340. The molecule has 0 saturated carbocycles. The Hall–Kier alpha value is -4.18. The molecule has 11 heteroatoms. The number of H-pyrrole nitrogens is 1. The van der Waals surface area contributed by atoms with Crippen LogP contribution in [0.1, 0.15) is 26.3 Å². The highest BCUT2D eigenvalue weighted by Crippen LogP contribution is 2.30. The van der Waals surface area contributed by atoms with Crippen molar-refractivity contribution in [2.45, 2.75) is 6.18 Å². The fourth-order valence-corrected chi connectivity index (χ4v) is 3.23. The number of amides is 2. The van der Waals surface area contributed by atoms with E-state index in [0.717, 1.165) is 18.2 Å². The van der Waals surface area contributed by atoms with E-state index in [9.17, 15) is 22.8 Å². The first-order valence-corrected chi connectivity index (χ1v) is 10.1. The van der Waals surface area contributed by atoms with Crippen LogP contribution in [0.4, 0.5) is 24.5 Å². The van der Waals surface area contributed by atoms with E-state index in [1.807, 2.05) is 0 Å². The molecule has 3 N–H and O–H groups in total. The van der Waals surface area contributed by atoms with E-state index in [2.05, 4.69) is 25.6 Å². The average molecular weight is 486 g/mol. The van der Waals surface area contributed by atoms with Gasteiger partial charge in [-0.1, -0.05) is 17.7 Å². The van der Waals surface area contributed by atoms with E-state index in [4.69, 9.17) is 11.6 Å². The van der Waals surface area contributed by atoms with Gasteiger partial charge in [-0.15, -0.1) is 0 Å². The van der Waals surface area contributed by atoms with Crippen molar-refractivity contribution in [2.75, 3.05) is 10.6 Å². The van der Waals surface area contributed by atoms with Crippen molar-refractivity contribution in [1.29, 1.82) is 0 Å². The minimum atomic E-state index is -4.58. The van der Waals surface area contributed by atoms with Crippen molar-refractivity contribution < 1.29 is 22.8 Å². The van der Waals surface area contributed by atoms with Gasteiger partial charge in [0.2, 0.25) is 0 Å². The summed E-state index contributed by atoms with van der Waals surface area (Å²) in [6.07, 6.45) is 0.122. The quantitative estimate of drug-likeness (QED) is 0.340. The summed E-state index contributed by atoms with van der Waals surface area (Å²) in [4.78, 5) is 36.4. The Kier molecular flexibility index (Phi) is 6.33. The van der Waals surface area contributed by atoms with E-state index in [-0.39, 0.29) is 21.8 Å². The number of pyridine rings is 1. The summed E-state index contributed by atoms with van der Waals surface area (Å²) < 4.78 is 38.8. The fourth-order valence-electron chi connectivity index (χ4n) is 3.03. The molecule has 0 atom stereocenters. The van der Waals surface area contributed by atoms with E-state index >= 15 is 0 Å². The second-order valence-electron chi connectivity index (χ2n) is 7.05. The maximum absolute atomic E-state index is 12.9. The van der Waals surface area contributed by atoms with Gasteiger partial charge in [-0.25, -0.2) is 4.98 Å². The minimum absolute atomic E-state index is 0.0543. The lowest BCUT2D eigenvalue weighted by Crippen LogP contribution is -2.16. The Morgan fingerprint density at radius 2 is 1.68 bits per heavy atom. The molecule has 34 heavy (non-hydrogen) atoms. The molecule has 2 aromatic heterocycles. The normalized spacial score (nSPS) is 11.2. The molecule has 4 aromatic rings. The first kappa shape index (κ1) is 23.0. The number of anilines is 2. The van der Waals surface area contributed by atoms with Gasteiger partial charge in [0.25, 0.3) is 11.8 Å². The van der Waals surface area contributed by atoms with E-state index in [1.165, 1.54) is 30.5 Å². The number of hydrogen-bond acceptors (Lipinski definition) is 4. The molecule has 0 radical (unpaired) electrons. The maximum Gasteiger partial charge on any atom is 0.416 e. The number of hydrogen-bond donors (Lipinski definition) is 3. The molecule has 0 fully saturated rings. The summed E-state index contributed by atoms with van der Waals surface area (Å²) in [5.74, 6) is -0.754. The molecule has 0 aliphatic heterocycles. The fraction of sp³-hybridized carbons (Fsp3) is 0.0435. The number of aromatic amines is 1. The third kappa shape index (κ3) is 5.24. The van der Waals surface area contributed by atoms with Crippen LogP contribution in [0.25, 0.3) is 11.5 Å². The van der Waals surface area contributed by atoms with Crippen LogP contribution in [-0.2, 0) is 6.18 Å². The second kappa shape index (κ2) is 9.36. The zero-order valence-corrected chi connectivity index (χ0v) is 17.9. The molecule has 0 spiro atoms. The molecule has 0 unspecified atom stereocenters. The number of rotatable bonds is 5. The highest BCUT2D eigenvalue weighted by atomic mass is 35.5. The Balaban J connectivity index is 1.48. The van der Waals surface area contributed by atoms with Gasteiger partial charge in [0, 0.05) is 23.6 Å². The predicted octanol–water partition coefficient (Wildman–Crippen LogP) is 5.65. The van der Waals surface area contributed by atoms with Gasteiger partial charge in [-0.3, -0.25) is 14.6 Å². The summed E-state index contributed by atoms with van der Waals surface area (Å²) in [6.45, 7) is 0. The Labute approximate surface area is 196 Å². The van der Waals surface area contributed by atoms with Crippen LogP contribution in [0.15, 0.2) is 73.2 Å². The number of nitrogens with zero attached hydrogens (tertiary/aromatic N) is 2. The van der Waals surface area contributed by atoms with E-state index in [1.54, 1.807) is 24.5 Å². The molecule has 2 aromatic carbocycles. The number of carbonyl (C=O) groups is 2. The lowest BCUT2D eigenvalue weighted by atomic mass is 10.1. The molecule has 0 bridgehead atoms. The number of benzene rings is 2. The second-order valence-corrected chi connectivity index (χ2v) is 7.46. The third-order valence-corrected chi connectivity index (χ3v) is 5.01. The van der Waals surface area contributed by atoms with Crippen molar-refractivity contribution in [3.8, 4) is 11.5 Å². The summed E-state index contributed by atoms with van der Waals surface area (Å²) in [5, 5.41) is 5.25. The van der Waals surface area contributed by atoms with Crippen LogP contribution in [0, 0.1) is 0 Å². The van der Waals surface area contributed by atoms with Gasteiger partial charge in [0.05, 0.1) is 28.0 Å². The molecular weight excluding hydrogens is 471 g/mol. The molecular formula is C23H15ClF3N5O2. The average Bonchev–Trinajstić information content (AvgIpc) is 3.35. The van der Waals surface area contributed by atoms with E-state index in [0.29, 0.717) is 17.2 Å². The summed E-state index contributed by atoms with van der Waals surface area (Å²) in [5.41, 5.74) is 0.0958. The van der Waals surface area contributed by atoms with Gasteiger partial charge < -0.3 is 15.6 Å². The lowest BCUT2D eigenvalue weighted by molar-refractivity contribution is -0.137. The van der Waals surface area contributed by atoms with Crippen LogP contribution in [0.3, 0.4) is 0 Å². The summed E-state index contributed by atoms with van der Waals surface area (Å²) in [6, 6.07) is 11.5. The molecule has 0 saturated heterocycles. The number of aromatic nitrogens is 3. The lowest BCUT2D eigenvalue weighted by Gasteiger charge is -2.11. The highest BCUT2D eigenvalue weighted by Gasteiger charge is 2.31. The van der Waals surface area contributed by atoms with Crippen LogP contribution in [-0.4, -0.2) is 26.8 Å². The van der Waals surface area contributed by atoms with Gasteiger partial charge in [0.15, 0.2) is 5.82 Å². The van der Waals surface area contributed by atoms with Crippen LogP contribution >= 0.6 is 11.6 Å². The van der Waals surface area contributed by atoms with Crippen LogP contribution in [0.2, 0.25) is 5.02 Å². The Morgan fingerprint density at radius 1 is 0.912 bits per heavy atom. The summed E-state index contributed by atoms with van der Waals surface area (Å²) in [7, 11) is 0. The zero-order chi connectivity index (χ0) is 24.3. The standard InChI is InChI=1S/C23H15ClF3N5O2/c24-18-6-4-15(31-21(33)13-2-1-3-14(10-13)23(25,26)27)11-17(18)22(34)32-16-5-7-19(30-12-16)20-28-8-9-29-20/h1-12H,(H,28,29)(H,31,33)(H,32,34). The van der Waals surface area contributed by atoms with Crippen LogP contribution in [0.5, 0.6) is 0 Å². The SMILES string of the molecule is O=C(Nc1ccc(Cl)c(C(=O)Nc2ccc(-c3ncc[nH]3)nc2)c1)c1cccc(C(F)(F)F)c1. The van der Waals surface area contributed by atoms with Crippen molar-refractivity contribution in [3.05, 3.63) is 94.9 Å². The third-order valence-electron chi connectivity index (χ3n) is 4.68. The van der Waals surface area contributed by atoms with Crippen molar-refractivity contribution in [1.82, 2.24) is 15.0 Å². The topological polar surface area (TPSA) is 99.8 Å². The number of imidazole rings is 1. The maximum atomic E-state index is 12.9. The number of halogens is 4. The highest BCUT2D eigenvalue weighted by molar-refractivity contribution is 6.34. The molecule has 7 nitrogen and oxygen atoms in total. The van der Waals surface area contributed by atoms with Crippen LogP contribution < -0.4 is 10.6 Å². The van der Waals surface area contributed by atoms with Gasteiger partial charge in [-0.2, -0.15) is 13.2 Å². The largest absolute Gasteiger partial charge is 0.416 e. The van der Waals surface area contributed by atoms with Crippen molar-refractivity contribution in [3.63, 3.8) is 0 Å². The smallest absolute Gasteiger partial charge is 0.343 e. The molecule has 0 aliphatic carbocycles. The molecule has 2 amide bonds. The zero-order valence-electron chi connectivity index (χ0n) is 17.2. The predicted molar refractivity (Wildman–Crippen MR) is 121 cm³/mol. The van der Waals surface area contributed by atoms with Gasteiger partial charge in [0.1, 0.15) is 5.69 Å². The van der Waals surface area contributed by atoms with Crippen molar-refractivity contribution >= 4 is 34.8 Å². The number of nitrogens with one attached hydrogen (secondary N) is 3. The van der Waals surface area contributed by atoms with Gasteiger partial charge in [-0.05, 0) is 48.5 Å². The Morgan fingerprint density at radius 3 is 2.35 bits per heavy atom. The van der Waals surface area contributed by atoms with E-state index < -0.39 is 23.6 Å². The first-order chi connectivity index (χ1) is 16.2. The number of alkyl halides is 3. The molecule has 2 heterocycles. The first-order valence-electron chi connectivity index (χ1n) is 9.76.